The van der Waals surface area contributed by atoms with Crippen molar-refractivity contribution in [2.24, 2.45) is 5.92 Å². The molecule has 10 nitrogen and oxygen atoms in total. The van der Waals surface area contributed by atoms with E-state index in [9.17, 15) is 14.4 Å². The minimum atomic E-state index is -0.920. The number of thiazole rings is 1. The highest BCUT2D eigenvalue weighted by atomic mass is 32.1. The van der Waals surface area contributed by atoms with Crippen molar-refractivity contribution in [3.05, 3.63) is 70.7 Å². The smallest absolute Gasteiger partial charge is 0.337 e. The normalized spacial score (nSPS) is 20.2. The Morgan fingerprint density at radius 1 is 1.05 bits per heavy atom. The summed E-state index contributed by atoms with van der Waals surface area (Å²) in [5.41, 5.74) is 2.68. The standard InChI is InChI=1S/C29H32N4O6S/c1-16-23(26(35)38-5)25(24(27(36)39-6)29(3,33-16)19-10-8-7-9-11-19)32-28-31-21(15-40-28)18-12-13-22(37-4)20(14-18)30-17(2)34/h7-15,24-25,33H,1-6H3,(H,30,34)(H,31,32). The molecule has 0 saturated carbocycles. The molecule has 1 aromatic heterocycles. The van der Waals surface area contributed by atoms with Crippen molar-refractivity contribution in [3.63, 3.8) is 0 Å². The minimum Gasteiger partial charge on any atom is -0.495 e. The van der Waals surface area contributed by atoms with Crippen LogP contribution in [-0.4, -0.2) is 50.2 Å². The van der Waals surface area contributed by atoms with Crippen LogP contribution in [0.3, 0.4) is 0 Å². The van der Waals surface area contributed by atoms with Gasteiger partial charge in [0.1, 0.15) is 11.7 Å². The number of nitrogens with one attached hydrogen (secondary N) is 3. The summed E-state index contributed by atoms with van der Waals surface area (Å²) in [5.74, 6) is -1.64. The monoisotopic (exact) mass is 564 g/mol. The average Bonchev–Trinajstić information content (AvgIpc) is 3.41. The molecule has 0 bridgehead atoms. The molecule has 1 amide bonds. The van der Waals surface area contributed by atoms with Crippen LogP contribution in [0.15, 0.2) is 65.2 Å². The molecule has 1 aliphatic heterocycles. The third-order valence-corrected chi connectivity index (χ3v) is 7.71. The molecule has 2 heterocycles. The third kappa shape index (κ3) is 5.50. The molecule has 4 rings (SSSR count). The Hall–Kier alpha value is -4.38. The predicted molar refractivity (Wildman–Crippen MR) is 153 cm³/mol. The van der Waals surface area contributed by atoms with Crippen molar-refractivity contribution >= 4 is 40.0 Å². The van der Waals surface area contributed by atoms with Crippen LogP contribution in [0.5, 0.6) is 5.75 Å². The summed E-state index contributed by atoms with van der Waals surface area (Å²) in [6.45, 7) is 5.11. The molecule has 1 aliphatic rings. The van der Waals surface area contributed by atoms with Crippen LogP contribution in [0.25, 0.3) is 11.3 Å². The Balaban J connectivity index is 1.77. The van der Waals surface area contributed by atoms with Crippen molar-refractivity contribution in [1.82, 2.24) is 10.3 Å². The Bertz CT molecular complexity index is 1450. The molecule has 210 valence electrons. The first-order valence-corrected chi connectivity index (χ1v) is 13.4. The topological polar surface area (TPSA) is 128 Å². The summed E-state index contributed by atoms with van der Waals surface area (Å²) in [4.78, 5) is 42.8. The first-order chi connectivity index (χ1) is 19.1. The van der Waals surface area contributed by atoms with Crippen LogP contribution in [0.2, 0.25) is 0 Å². The number of amides is 1. The van der Waals surface area contributed by atoms with Crippen LogP contribution < -0.4 is 20.7 Å². The Kier molecular flexibility index (Phi) is 8.43. The van der Waals surface area contributed by atoms with Crippen molar-refractivity contribution in [3.8, 4) is 17.0 Å². The number of nitrogens with zero attached hydrogens (tertiary/aromatic N) is 1. The minimum absolute atomic E-state index is 0.227. The number of hydrogen-bond donors (Lipinski definition) is 3. The van der Waals surface area contributed by atoms with Gasteiger partial charge < -0.3 is 30.2 Å². The van der Waals surface area contributed by atoms with E-state index in [0.717, 1.165) is 11.1 Å². The number of rotatable bonds is 8. The summed E-state index contributed by atoms with van der Waals surface area (Å²) >= 11 is 1.32. The molecule has 11 heteroatoms. The molecule has 2 aromatic carbocycles. The van der Waals surface area contributed by atoms with Gasteiger partial charge in [-0.1, -0.05) is 30.3 Å². The van der Waals surface area contributed by atoms with Gasteiger partial charge in [-0.25, -0.2) is 9.78 Å². The van der Waals surface area contributed by atoms with E-state index in [-0.39, 0.29) is 11.5 Å². The fourth-order valence-corrected chi connectivity index (χ4v) is 5.87. The van der Waals surface area contributed by atoms with Gasteiger partial charge in [0.25, 0.3) is 0 Å². The molecule has 0 aliphatic carbocycles. The number of ether oxygens (including phenoxy) is 3. The van der Waals surface area contributed by atoms with E-state index in [0.29, 0.717) is 28.0 Å². The first kappa shape index (κ1) is 28.6. The van der Waals surface area contributed by atoms with Gasteiger partial charge in [-0.15, -0.1) is 11.3 Å². The van der Waals surface area contributed by atoms with Crippen molar-refractivity contribution in [2.75, 3.05) is 32.0 Å². The average molecular weight is 565 g/mol. The SMILES string of the molecule is COC(=O)C1=C(C)NC(C)(c2ccccc2)C(C(=O)OC)C1Nc1nc(-c2ccc(OC)c(NC(C)=O)c2)cs1. The van der Waals surface area contributed by atoms with Gasteiger partial charge in [0, 0.05) is 23.6 Å². The second-order valence-corrected chi connectivity index (χ2v) is 10.3. The first-order valence-electron chi connectivity index (χ1n) is 12.5. The third-order valence-electron chi connectivity index (χ3n) is 6.94. The van der Waals surface area contributed by atoms with E-state index in [2.05, 4.69) is 16.0 Å². The zero-order chi connectivity index (χ0) is 29.0. The van der Waals surface area contributed by atoms with Gasteiger partial charge >= 0.3 is 11.9 Å². The maximum Gasteiger partial charge on any atom is 0.337 e. The number of carbonyl (C=O) groups is 3. The molecular weight excluding hydrogens is 532 g/mol. The van der Waals surface area contributed by atoms with E-state index in [1.54, 1.807) is 19.1 Å². The van der Waals surface area contributed by atoms with E-state index in [1.807, 2.05) is 48.7 Å². The largest absolute Gasteiger partial charge is 0.495 e. The number of benzene rings is 2. The lowest BCUT2D eigenvalue weighted by molar-refractivity contribution is -0.149. The number of hydrogen-bond acceptors (Lipinski definition) is 10. The lowest BCUT2D eigenvalue weighted by Crippen LogP contribution is -2.60. The highest BCUT2D eigenvalue weighted by molar-refractivity contribution is 7.14. The van der Waals surface area contributed by atoms with Crippen molar-refractivity contribution in [2.45, 2.75) is 32.4 Å². The molecule has 0 spiro atoms. The molecule has 0 radical (unpaired) electrons. The molecule has 3 aromatic rings. The van der Waals surface area contributed by atoms with Gasteiger partial charge in [-0.3, -0.25) is 9.59 Å². The van der Waals surface area contributed by atoms with E-state index in [1.165, 1.54) is 39.6 Å². The number of allylic oxidation sites excluding steroid dienone is 1. The number of methoxy groups -OCH3 is 3. The molecule has 3 atom stereocenters. The summed E-state index contributed by atoms with van der Waals surface area (Å²) in [6, 6.07) is 14.1. The quantitative estimate of drug-likeness (QED) is 0.343. The number of esters is 2. The molecule has 0 fully saturated rings. The molecular formula is C29H32N4O6S. The summed E-state index contributed by atoms with van der Waals surface area (Å²) in [6.07, 6.45) is 0. The number of carbonyl (C=O) groups excluding carboxylic acids is 3. The second-order valence-electron chi connectivity index (χ2n) is 9.48. The second kappa shape index (κ2) is 11.8. The van der Waals surface area contributed by atoms with Gasteiger partial charge in [0.05, 0.1) is 49.9 Å². The summed E-state index contributed by atoms with van der Waals surface area (Å²) in [7, 11) is 4.15. The fourth-order valence-electron chi connectivity index (χ4n) is 5.11. The Morgan fingerprint density at radius 3 is 2.40 bits per heavy atom. The van der Waals surface area contributed by atoms with E-state index < -0.39 is 29.4 Å². The Morgan fingerprint density at radius 2 is 1.77 bits per heavy atom. The van der Waals surface area contributed by atoms with Crippen LogP contribution in [0.4, 0.5) is 10.8 Å². The van der Waals surface area contributed by atoms with Gasteiger partial charge in [-0.05, 0) is 37.6 Å². The number of aromatic nitrogens is 1. The highest BCUT2D eigenvalue weighted by Gasteiger charge is 2.52. The van der Waals surface area contributed by atoms with Crippen molar-refractivity contribution < 1.29 is 28.6 Å². The molecule has 3 unspecified atom stereocenters. The Labute approximate surface area is 236 Å². The van der Waals surface area contributed by atoms with Crippen LogP contribution >= 0.6 is 11.3 Å². The molecule has 0 saturated heterocycles. The zero-order valence-electron chi connectivity index (χ0n) is 23.2. The maximum absolute atomic E-state index is 13.4. The van der Waals surface area contributed by atoms with Crippen molar-refractivity contribution in [1.29, 1.82) is 0 Å². The summed E-state index contributed by atoms with van der Waals surface area (Å²) < 4.78 is 15.7. The van der Waals surface area contributed by atoms with Crippen LogP contribution in [0.1, 0.15) is 26.3 Å². The van der Waals surface area contributed by atoms with Crippen LogP contribution in [0, 0.1) is 5.92 Å². The van der Waals surface area contributed by atoms with Gasteiger partial charge in [0.15, 0.2) is 5.13 Å². The molecule has 3 N–H and O–H groups in total. The zero-order valence-corrected chi connectivity index (χ0v) is 24.0. The fraction of sp³-hybridized carbons (Fsp3) is 0.310. The van der Waals surface area contributed by atoms with Gasteiger partial charge in [0.2, 0.25) is 5.91 Å². The maximum atomic E-state index is 13.4. The highest BCUT2D eigenvalue weighted by Crippen LogP contribution is 2.42. The molecule has 40 heavy (non-hydrogen) atoms. The summed E-state index contributed by atoms with van der Waals surface area (Å²) in [5, 5.41) is 11.8. The van der Waals surface area contributed by atoms with E-state index >= 15 is 0 Å². The van der Waals surface area contributed by atoms with E-state index in [4.69, 9.17) is 19.2 Å². The van der Waals surface area contributed by atoms with Crippen LogP contribution in [-0.2, 0) is 29.4 Å². The number of anilines is 2. The lowest BCUT2D eigenvalue weighted by atomic mass is 9.70. The lowest BCUT2D eigenvalue weighted by Gasteiger charge is -2.46. The predicted octanol–water partition coefficient (Wildman–Crippen LogP) is 4.31. The van der Waals surface area contributed by atoms with Gasteiger partial charge in [-0.2, -0.15) is 0 Å².